The van der Waals surface area contributed by atoms with Gasteiger partial charge in [-0.3, -0.25) is 0 Å². The molecule has 0 aliphatic carbocycles. The minimum atomic E-state index is -0.158. The first-order chi connectivity index (χ1) is 10.7. The standard InChI is InChI=1S/C16H22N2O4/c1-11(18-16(19)17-9-12-4-5-20-10-12)13-2-3-14-15(8-13)22-7-6-21-14/h2-3,8,11-12H,4-7,9-10H2,1H3,(H2,17,18,19)/t11-,12-/m0/s1. The van der Waals surface area contributed by atoms with Crippen molar-refractivity contribution in [1.29, 1.82) is 0 Å². The number of hydrogen-bond acceptors (Lipinski definition) is 4. The molecule has 2 amide bonds. The van der Waals surface area contributed by atoms with Crippen molar-refractivity contribution in [2.24, 2.45) is 5.92 Å². The van der Waals surface area contributed by atoms with E-state index < -0.39 is 0 Å². The molecule has 1 aromatic rings. The van der Waals surface area contributed by atoms with Crippen LogP contribution in [-0.4, -0.2) is 39.0 Å². The normalized spacial score (nSPS) is 21.2. The highest BCUT2D eigenvalue weighted by Crippen LogP contribution is 2.32. The van der Waals surface area contributed by atoms with Gasteiger partial charge in [-0.1, -0.05) is 6.07 Å². The number of ether oxygens (including phenoxy) is 3. The van der Waals surface area contributed by atoms with Crippen LogP contribution in [0, 0.1) is 5.92 Å². The van der Waals surface area contributed by atoms with Gasteiger partial charge in [-0.15, -0.1) is 0 Å². The van der Waals surface area contributed by atoms with Crippen molar-refractivity contribution < 1.29 is 19.0 Å². The van der Waals surface area contributed by atoms with Crippen LogP contribution in [0.25, 0.3) is 0 Å². The monoisotopic (exact) mass is 306 g/mol. The minimum absolute atomic E-state index is 0.101. The van der Waals surface area contributed by atoms with Crippen LogP contribution in [0.2, 0.25) is 0 Å². The molecular formula is C16H22N2O4. The third-order valence-corrected chi connectivity index (χ3v) is 3.99. The molecule has 22 heavy (non-hydrogen) atoms. The predicted molar refractivity (Wildman–Crippen MR) is 81.3 cm³/mol. The van der Waals surface area contributed by atoms with E-state index in [1.807, 2.05) is 25.1 Å². The van der Waals surface area contributed by atoms with E-state index in [9.17, 15) is 4.79 Å². The van der Waals surface area contributed by atoms with Gasteiger partial charge in [0.05, 0.1) is 12.6 Å². The van der Waals surface area contributed by atoms with E-state index in [4.69, 9.17) is 14.2 Å². The van der Waals surface area contributed by atoms with E-state index in [0.717, 1.165) is 36.7 Å². The molecule has 0 unspecified atom stereocenters. The van der Waals surface area contributed by atoms with Crippen molar-refractivity contribution in [3.63, 3.8) is 0 Å². The molecule has 1 aromatic carbocycles. The highest BCUT2D eigenvalue weighted by Gasteiger charge is 2.18. The molecule has 6 nitrogen and oxygen atoms in total. The Hall–Kier alpha value is -1.95. The van der Waals surface area contributed by atoms with E-state index >= 15 is 0 Å². The molecule has 6 heteroatoms. The minimum Gasteiger partial charge on any atom is -0.486 e. The molecule has 0 bridgehead atoms. The van der Waals surface area contributed by atoms with Crippen LogP contribution >= 0.6 is 0 Å². The molecule has 0 spiro atoms. The van der Waals surface area contributed by atoms with Gasteiger partial charge in [0.15, 0.2) is 11.5 Å². The summed E-state index contributed by atoms with van der Waals surface area (Å²) in [4.78, 5) is 12.0. The lowest BCUT2D eigenvalue weighted by Gasteiger charge is -2.21. The van der Waals surface area contributed by atoms with Gasteiger partial charge in [0.1, 0.15) is 13.2 Å². The zero-order chi connectivity index (χ0) is 15.4. The molecule has 1 saturated heterocycles. The number of urea groups is 1. The molecule has 2 aliphatic heterocycles. The summed E-state index contributed by atoms with van der Waals surface area (Å²) in [6.45, 7) is 5.26. The van der Waals surface area contributed by atoms with Crippen LogP contribution in [-0.2, 0) is 4.74 Å². The van der Waals surface area contributed by atoms with Gasteiger partial charge in [0, 0.05) is 19.1 Å². The van der Waals surface area contributed by atoms with Crippen LogP contribution in [0.15, 0.2) is 18.2 Å². The highest BCUT2D eigenvalue weighted by atomic mass is 16.6. The largest absolute Gasteiger partial charge is 0.486 e. The first-order valence-electron chi connectivity index (χ1n) is 7.74. The van der Waals surface area contributed by atoms with Crippen LogP contribution in [0.3, 0.4) is 0 Å². The fourth-order valence-electron chi connectivity index (χ4n) is 2.64. The van der Waals surface area contributed by atoms with Gasteiger partial charge in [-0.25, -0.2) is 4.79 Å². The fourth-order valence-corrected chi connectivity index (χ4v) is 2.64. The second kappa shape index (κ2) is 6.87. The molecule has 0 saturated carbocycles. The molecule has 3 rings (SSSR count). The highest BCUT2D eigenvalue weighted by molar-refractivity contribution is 5.74. The van der Waals surface area contributed by atoms with Crippen molar-refractivity contribution in [2.75, 3.05) is 33.0 Å². The van der Waals surface area contributed by atoms with Crippen molar-refractivity contribution in [2.45, 2.75) is 19.4 Å². The average Bonchev–Trinajstić information content (AvgIpc) is 3.06. The summed E-state index contributed by atoms with van der Waals surface area (Å²) in [5.74, 6) is 1.92. The molecule has 1 fully saturated rings. The molecule has 2 heterocycles. The van der Waals surface area contributed by atoms with Crippen molar-refractivity contribution in [3.8, 4) is 11.5 Å². The van der Waals surface area contributed by atoms with Crippen molar-refractivity contribution in [1.82, 2.24) is 10.6 Å². The Morgan fingerprint density at radius 2 is 2.09 bits per heavy atom. The zero-order valence-electron chi connectivity index (χ0n) is 12.8. The second-order valence-corrected chi connectivity index (χ2v) is 5.71. The van der Waals surface area contributed by atoms with Crippen LogP contribution < -0.4 is 20.1 Å². The van der Waals surface area contributed by atoms with Gasteiger partial charge in [0.25, 0.3) is 0 Å². The van der Waals surface area contributed by atoms with E-state index in [-0.39, 0.29) is 12.1 Å². The summed E-state index contributed by atoms with van der Waals surface area (Å²) in [5, 5.41) is 5.84. The molecule has 120 valence electrons. The number of nitrogens with one attached hydrogen (secondary N) is 2. The Labute approximate surface area is 130 Å². The lowest BCUT2D eigenvalue weighted by atomic mass is 10.1. The lowest BCUT2D eigenvalue weighted by molar-refractivity contribution is 0.171. The Morgan fingerprint density at radius 1 is 1.27 bits per heavy atom. The third-order valence-electron chi connectivity index (χ3n) is 3.99. The van der Waals surface area contributed by atoms with Crippen molar-refractivity contribution >= 4 is 6.03 Å². The number of carbonyl (C=O) groups excluding carboxylic acids is 1. The summed E-state index contributed by atoms with van der Waals surface area (Å²) < 4.78 is 16.4. The van der Waals surface area contributed by atoms with Gasteiger partial charge < -0.3 is 24.8 Å². The maximum atomic E-state index is 12.0. The topological polar surface area (TPSA) is 68.8 Å². The number of carbonyl (C=O) groups is 1. The summed E-state index contributed by atoms with van der Waals surface area (Å²) in [6, 6.07) is 5.49. The quantitative estimate of drug-likeness (QED) is 0.891. The Kier molecular flexibility index (Phi) is 4.68. The van der Waals surface area contributed by atoms with E-state index in [0.29, 0.717) is 25.7 Å². The summed E-state index contributed by atoms with van der Waals surface area (Å²) >= 11 is 0. The van der Waals surface area contributed by atoms with Crippen LogP contribution in [0.4, 0.5) is 4.79 Å². The third kappa shape index (κ3) is 3.62. The molecular weight excluding hydrogens is 284 g/mol. The first-order valence-corrected chi connectivity index (χ1v) is 7.74. The van der Waals surface area contributed by atoms with E-state index in [2.05, 4.69) is 10.6 Å². The van der Waals surface area contributed by atoms with E-state index in [1.165, 1.54) is 0 Å². The number of amides is 2. The Bertz CT molecular complexity index is 529. The number of fused-ring (bicyclic) bond motifs is 1. The van der Waals surface area contributed by atoms with Gasteiger partial charge in [-0.2, -0.15) is 0 Å². The molecule has 0 aromatic heterocycles. The number of rotatable bonds is 4. The number of hydrogen-bond donors (Lipinski definition) is 2. The molecule has 2 N–H and O–H groups in total. The maximum Gasteiger partial charge on any atom is 0.315 e. The lowest BCUT2D eigenvalue weighted by Crippen LogP contribution is -2.39. The fraction of sp³-hybridized carbons (Fsp3) is 0.562. The summed E-state index contributed by atoms with van der Waals surface area (Å²) in [7, 11) is 0. The van der Waals surface area contributed by atoms with Crippen molar-refractivity contribution in [3.05, 3.63) is 23.8 Å². The smallest absolute Gasteiger partial charge is 0.315 e. The summed E-state index contributed by atoms with van der Waals surface area (Å²) in [6.07, 6.45) is 1.01. The van der Waals surface area contributed by atoms with Gasteiger partial charge in [-0.05, 0) is 31.0 Å². The molecule has 2 aliphatic rings. The maximum absolute atomic E-state index is 12.0. The van der Waals surface area contributed by atoms with Gasteiger partial charge >= 0.3 is 6.03 Å². The van der Waals surface area contributed by atoms with Crippen LogP contribution in [0.1, 0.15) is 24.9 Å². The summed E-state index contributed by atoms with van der Waals surface area (Å²) in [5.41, 5.74) is 0.989. The second-order valence-electron chi connectivity index (χ2n) is 5.71. The van der Waals surface area contributed by atoms with Crippen LogP contribution in [0.5, 0.6) is 11.5 Å². The Morgan fingerprint density at radius 3 is 2.86 bits per heavy atom. The Balaban J connectivity index is 1.52. The predicted octanol–water partition coefficient (Wildman–Crippen LogP) is 1.85. The molecule has 0 radical (unpaired) electrons. The van der Waals surface area contributed by atoms with E-state index in [1.54, 1.807) is 0 Å². The zero-order valence-corrected chi connectivity index (χ0v) is 12.8. The van der Waals surface area contributed by atoms with Gasteiger partial charge in [0.2, 0.25) is 0 Å². The number of benzene rings is 1. The first kappa shape index (κ1) is 15.0. The average molecular weight is 306 g/mol. The molecule has 2 atom stereocenters. The SMILES string of the molecule is C[C@H](NC(=O)NC[C@@H]1CCOC1)c1ccc2c(c1)OCCO2.